The molecule has 3 nitrogen and oxygen atoms in total. The molecule has 0 N–H and O–H groups in total. The quantitative estimate of drug-likeness (QED) is 0.162. The molecule has 0 saturated heterocycles. The average Bonchev–Trinajstić information content (AvgIpc) is 3.57. The Labute approximate surface area is 320 Å². The number of hydrogen-bond acceptors (Lipinski definition) is 2. The van der Waals surface area contributed by atoms with E-state index < -0.39 is 5.41 Å². The number of nitrogens with zero attached hydrogens (tertiary/aromatic N) is 3. The predicted octanol–water partition coefficient (Wildman–Crippen LogP) is 13.2. The minimum Gasteiger partial charge on any atom is -0.238 e. The summed E-state index contributed by atoms with van der Waals surface area (Å²) in [6.45, 7) is 7.98. The topological polar surface area (TPSA) is 30.1 Å². The monoisotopic (exact) mass is 699 g/mol. The van der Waals surface area contributed by atoms with E-state index in [0.717, 1.165) is 61.1 Å². The van der Waals surface area contributed by atoms with Crippen LogP contribution in [0.1, 0.15) is 22.3 Å². The SMILES string of the molecule is [C-]#[N+]c1ccc2c(c1)C(c1ccccc1)(c1ccccc1)c1cccc(-c3cccc(-c4cc(-c5ccccc5)nc(-c5cccc6ccccc56)n4)c3)c1-2. The Morgan fingerprint density at radius 2 is 1.00 bits per heavy atom. The Bertz CT molecular complexity index is 2880. The van der Waals surface area contributed by atoms with Crippen molar-refractivity contribution in [2.45, 2.75) is 5.41 Å². The van der Waals surface area contributed by atoms with Gasteiger partial charge >= 0.3 is 0 Å². The molecule has 10 rings (SSSR count). The van der Waals surface area contributed by atoms with Gasteiger partial charge in [-0.1, -0.05) is 188 Å². The van der Waals surface area contributed by atoms with Crippen molar-refractivity contribution in [2.24, 2.45) is 0 Å². The van der Waals surface area contributed by atoms with Crippen LogP contribution in [-0.2, 0) is 5.41 Å². The minimum absolute atomic E-state index is 0.605. The minimum atomic E-state index is -0.605. The first-order chi connectivity index (χ1) is 27.2. The smallest absolute Gasteiger partial charge is 0.187 e. The summed E-state index contributed by atoms with van der Waals surface area (Å²) in [6.07, 6.45) is 0. The summed E-state index contributed by atoms with van der Waals surface area (Å²) < 4.78 is 0. The Hall–Kier alpha value is -7.41. The molecule has 1 aliphatic rings. The predicted molar refractivity (Wildman–Crippen MR) is 225 cm³/mol. The molecule has 0 amide bonds. The summed E-state index contributed by atoms with van der Waals surface area (Å²) in [4.78, 5) is 14.3. The maximum absolute atomic E-state index is 7.98. The van der Waals surface area contributed by atoms with Gasteiger partial charge in [-0.15, -0.1) is 0 Å². The second-order valence-electron chi connectivity index (χ2n) is 14.0. The highest BCUT2D eigenvalue weighted by molar-refractivity contribution is 5.98. The van der Waals surface area contributed by atoms with Gasteiger partial charge in [0, 0.05) is 16.7 Å². The van der Waals surface area contributed by atoms with Crippen LogP contribution in [0.25, 0.3) is 71.8 Å². The van der Waals surface area contributed by atoms with Gasteiger partial charge in [-0.25, -0.2) is 14.8 Å². The van der Waals surface area contributed by atoms with Crippen LogP contribution in [0.3, 0.4) is 0 Å². The highest BCUT2D eigenvalue weighted by Crippen LogP contribution is 2.59. The third-order valence-electron chi connectivity index (χ3n) is 11.0. The fourth-order valence-electron chi connectivity index (χ4n) is 8.57. The van der Waals surface area contributed by atoms with Crippen molar-refractivity contribution in [1.29, 1.82) is 0 Å². The van der Waals surface area contributed by atoms with Crippen molar-refractivity contribution in [3.8, 4) is 56.2 Å². The summed E-state index contributed by atoms with van der Waals surface area (Å²) in [7, 11) is 0. The lowest BCUT2D eigenvalue weighted by atomic mass is 9.67. The molecule has 0 atom stereocenters. The van der Waals surface area contributed by atoms with Crippen molar-refractivity contribution in [3.63, 3.8) is 0 Å². The van der Waals surface area contributed by atoms with E-state index in [1.165, 1.54) is 22.3 Å². The number of benzene rings is 8. The van der Waals surface area contributed by atoms with Gasteiger partial charge in [-0.05, 0) is 67.4 Å². The molecule has 0 spiro atoms. The Morgan fingerprint density at radius 1 is 0.418 bits per heavy atom. The molecule has 8 aromatic carbocycles. The molecule has 256 valence electrons. The summed E-state index contributed by atoms with van der Waals surface area (Å²) >= 11 is 0. The zero-order valence-electron chi connectivity index (χ0n) is 29.9. The van der Waals surface area contributed by atoms with Crippen LogP contribution in [-0.4, -0.2) is 9.97 Å². The van der Waals surface area contributed by atoms with Crippen molar-refractivity contribution in [2.75, 3.05) is 0 Å². The first-order valence-corrected chi connectivity index (χ1v) is 18.5. The first-order valence-electron chi connectivity index (χ1n) is 18.5. The second kappa shape index (κ2) is 13.2. The lowest BCUT2D eigenvalue weighted by Crippen LogP contribution is -2.28. The van der Waals surface area contributed by atoms with E-state index in [0.29, 0.717) is 11.5 Å². The van der Waals surface area contributed by atoms with Gasteiger partial charge in [-0.3, -0.25) is 0 Å². The van der Waals surface area contributed by atoms with Crippen LogP contribution in [0.15, 0.2) is 200 Å². The highest BCUT2D eigenvalue weighted by Gasteiger charge is 2.46. The molecule has 9 aromatic rings. The zero-order chi connectivity index (χ0) is 36.8. The molecule has 0 bridgehead atoms. The van der Waals surface area contributed by atoms with Crippen molar-refractivity contribution >= 4 is 16.5 Å². The van der Waals surface area contributed by atoms with E-state index in [4.69, 9.17) is 16.5 Å². The number of hydrogen-bond donors (Lipinski definition) is 0. The fraction of sp³-hybridized carbons (Fsp3) is 0.0192. The second-order valence-corrected chi connectivity index (χ2v) is 14.0. The summed E-state index contributed by atoms with van der Waals surface area (Å²) in [6, 6.07) is 70.3. The maximum atomic E-state index is 7.98. The van der Waals surface area contributed by atoms with Crippen LogP contribution in [0.4, 0.5) is 5.69 Å². The molecule has 1 heterocycles. The third kappa shape index (κ3) is 5.27. The van der Waals surface area contributed by atoms with Crippen molar-refractivity contribution in [1.82, 2.24) is 9.97 Å². The van der Waals surface area contributed by atoms with E-state index in [1.807, 2.05) is 12.1 Å². The third-order valence-corrected chi connectivity index (χ3v) is 11.0. The van der Waals surface area contributed by atoms with Crippen molar-refractivity contribution in [3.05, 3.63) is 234 Å². The van der Waals surface area contributed by atoms with E-state index in [1.54, 1.807) is 0 Å². The van der Waals surface area contributed by atoms with Gasteiger partial charge < -0.3 is 0 Å². The van der Waals surface area contributed by atoms with Crippen molar-refractivity contribution < 1.29 is 0 Å². The number of rotatable bonds is 6. The lowest BCUT2D eigenvalue weighted by Gasteiger charge is -2.34. The first kappa shape index (κ1) is 32.3. The zero-order valence-corrected chi connectivity index (χ0v) is 29.9. The van der Waals surface area contributed by atoms with Crippen LogP contribution in [0.5, 0.6) is 0 Å². The molecule has 0 radical (unpaired) electrons. The molecule has 1 aliphatic carbocycles. The van der Waals surface area contributed by atoms with E-state index in [9.17, 15) is 0 Å². The van der Waals surface area contributed by atoms with Gasteiger partial charge in [-0.2, -0.15) is 0 Å². The standard InChI is InChI=1S/C52H33N3/c1-53-41-30-31-45-47(33-41)52(39-22-7-3-8-23-39,40-24-9-4-10-25-40)46-29-15-27-43(50(45)46)37-20-13-21-38(32-37)49-34-48(36-17-5-2-6-18-36)54-51(55-49)44-28-14-19-35-16-11-12-26-42(35)44/h2-34H. The van der Waals surface area contributed by atoms with Crippen LogP contribution >= 0.6 is 0 Å². The summed E-state index contributed by atoms with van der Waals surface area (Å²) in [5.74, 6) is 0.694. The Morgan fingerprint density at radius 3 is 1.75 bits per heavy atom. The summed E-state index contributed by atoms with van der Waals surface area (Å²) in [5.41, 5.74) is 14.0. The Balaban J connectivity index is 1.20. The highest BCUT2D eigenvalue weighted by atomic mass is 14.9. The van der Waals surface area contributed by atoms with Gasteiger partial charge in [0.1, 0.15) is 0 Å². The molecule has 55 heavy (non-hydrogen) atoms. The molecule has 1 aromatic heterocycles. The molecule has 0 saturated carbocycles. The van der Waals surface area contributed by atoms with Gasteiger partial charge in [0.25, 0.3) is 0 Å². The largest absolute Gasteiger partial charge is 0.238 e. The van der Waals surface area contributed by atoms with Crippen LogP contribution in [0, 0.1) is 6.57 Å². The molecule has 0 unspecified atom stereocenters. The molecule has 0 fully saturated rings. The lowest BCUT2D eigenvalue weighted by molar-refractivity contribution is 0.769. The average molecular weight is 700 g/mol. The van der Waals surface area contributed by atoms with E-state index in [-0.39, 0.29) is 0 Å². The maximum Gasteiger partial charge on any atom is 0.187 e. The summed E-state index contributed by atoms with van der Waals surface area (Å²) in [5, 5.41) is 2.27. The van der Waals surface area contributed by atoms with Gasteiger partial charge in [0.05, 0.1) is 23.4 Å². The van der Waals surface area contributed by atoms with Gasteiger partial charge in [0.15, 0.2) is 11.5 Å². The van der Waals surface area contributed by atoms with Gasteiger partial charge in [0.2, 0.25) is 0 Å². The molecular formula is C52H33N3. The van der Waals surface area contributed by atoms with Crippen LogP contribution in [0.2, 0.25) is 0 Å². The molecule has 0 aliphatic heterocycles. The normalized spacial score (nSPS) is 12.5. The van der Waals surface area contributed by atoms with Crippen LogP contribution < -0.4 is 0 Å². The number of fused-ring (bicyclic) bond motifs is 4. The number of aromatic nitrogens is 2. The molecule has 3 heteroatoms. The van der Waals surface area contributed by atoms with E-state index in [2.05, 4.69) is 193 Å². The Kier molecular flexibility index (Phi) is 7.75. The van der Waals surface area contributed by atoms with E-state index >= 15 is 0 Å². The molecular weight excluding hydrogens is 667 g/mol. The fourth-order valence-corrected chi connectivity index (χ4v) is 8.57.